The average molecular weight is 238 g/mol. The Hall–Kier alpha value is -0.440. The second-order valence-electron chi connectivity index (χ2n) is 2.50. The van der Waals surface area contributed by atoms with Gasteiger partial charge in [-0.1, -0.05) is 11.6 Å². The fourth-order valence-corrected chi connectivity index (χ4v) is 1.51. The van der Waals surface area contributed by atoms with Crippen LogP contribution in [-0.4, -0.2) is 10.2 Å². The third-order valence-corrected chi connectivity index (χ3v) is 2.23. The van der Waals surface area contributed by atoms with Crippen LogP contribution in [0.15, 0.2) is 18.2 Å². The maximum Gasteiger partial charge on any atom is 0.0925 e. The van der Waals surface area contributed by atoms with Gasteiger partial charge in [0.1, 0.15) is 0 Å². The number of nitrogens with one attached hydrogen (secondary N) is 1. The minimum atomic E-state index is 0. The number of aromatic amines is 1. The summed E-state index contributed by atoms with van der Waals surface area (Å²) < 4.78 is 0. The Balaban J connectivity index is 0.000000845. The lowest BCUT2D eigenvalue weighted by Gasteiger charge is -1.91. The second kappa shape index (κ2) is 4.18. The standard InChI is InChI=1S/C8H6Cl2N2.ClH/c9-4-8-6-3-5(10)1-2-7(6)11-12-8;/h1-3H,4H2,(H,11,12);1H. The lowest BCUT2D eigenvalue weighted by Crippen LogP contribution is -1.76. The molecule has 0 aliphatic rings. The van der Waals surface area contributed by atoms with Gasteiger partial charge in [-0.15, -0.1) is 24.0 Å². The van der Waals surface area contributed by atoms with E-state index in [0.717, 1.165) is 16.6 Å². The summed E-state index contributed by atoms with van der Waals surface area (Å²) in [5.74, 6) is 0.427. The minimum absolute atomic E-state index is 0. The zero-order valence-electron chi connectivity index (χ0n) is 6.55. The van der Waals surface area contributed by atoms with Crippen LogP contribution in [0.5, 0.6) is 0 Å². The average Bonchev–Trinajstić information content (AvgIpc) is 2.46. The Labute approximate surface area is 91.6 Å². The van der Waals surface area contributed by atoms with Gasteiger partial charge in [0.25, 0.3) is 0 Å². The van der Waals surface area contributed by atoms with E-state index in [4.69, 9.17) is 23.2 Å². The maximum atomic E-state index is 5.82. The zero-order chi connectivity index (χ0) is 8.55. The Morgan fingerprint density at radius 1 is 1.38 bits per heavy atom. The predicted octanol–water partition coefficient (Wildman–Crippen LogP) is 3.38. The highest BCUT2D eigenvalue weighted by Gasteiger charge is 2.03. The van der Waals surface area contributed by atoms with Gasteiger partial charge in [-0.25, -0.2) is 0 Å². The van der Waals surface area contributed by atoms with Crippen LogP contribution in [0, 0.1) is 0 Å². The van der Waals surface area contributed by atoms with E-state index in [1.807, 2.05) is 18.2 Å². The van der Waals surface area contributed by atoms with Crippen molar-refractivity contribution in [2.75, 3.05) is 0 Å². The number of halogens is 3. The number of benzene rings is 1. The molecule has 2 aromatic rings. The highest BCUT2D eigenvalue weighted by atomic mass is 35.5. The van der Waals surface area contributed by atoms with Crippen LogP contribution in [0.2, 0.25) is 5.02 Å². The lowest BCUT2D eigenvalue weighted by atomic mass is 10.2. The van der Waals surface area contributed by atoms with E-state index in [0.29, 0.717) is 10.9 Å². The molecule has 0 unspecified atom stereocenters. The van der Waals surface area contributed by atoms with Gasteiger partial charge in [0.05, 0.1) is 17.1 Å². The van der Waals surface area contributed by atoms with Crippen LogP contribution >= 0.6 is 35.6 Å². The minimum Gasteiger partial charge on any atom is -0.280 e. The molecule has 1 aromatic heterocycles. The van der Waals surface area contributed by atoms with Gasteiger partial charge in [0, 0.05) is 10.4 Å². The molecule has 0 saturated heterocycles. The van der Waals surface area contributed by atoms with E-state index in [1.165, 1.54) is 0 Å². The smallest absolute Gasteiger partial charge is 0.0925 e. The number of rotatable bonds is 1. The molecule has 0 aliphatic heterocycles. The molecule has 1 N–H and O–H groups in total. The van der Waals surface area contributed by atoms with Crippen LogP contribution in [0.25, 0.3) is 10.9 Å². The summed E-state index contributed by atoms with van der Waals surface area (Å²) in [6, 6.07) is 5.53. The van der Waals surface area contributed by atoms with Crippen LogP contribution in [0.1, 0.15) is 5.69 Å². The number of aromatic nitrogens is 2. The summed E-state index contributed by atoms with van der Waals surface area (Å²) in [6.07, 6.45) is 0. The van der Waals surface area contributed by atoms with Gasteiger partial charge in [-0.2, -0.15) is 5.10 Å². The monoisotopic (exact) mass is 236 g/mol. The molecule has 0 bridgehead atoms. The molecule has 0 aliphatic carbocycles. The number of alkyl halides is 1. The third-order valence-electron chi connectivity index (χ3n) is 1.73. The van der Waals surface area contributed by atoms with Gasteiger partial charge >= 0.3 is 0 Å². The SMILES string of the molecule is Cl.ClCc1[nH]nc2ccc(Cl)cc12. The Kier molecular flexibility index (Phi) is 3.42. The van der Waals surface area contributed by atoms with Crippen molar-refractivity contribution < 1.29 is 0 Å². The quantitative estimate of drug-likeness (QED) is 0.757. The molecule has 1 heterocycles. The number of hydrogen-bond acceptors (Lipinski definition) is 1. The fourth-order valence-electron chi connectivity index (χ4n) is 1.14. The first-order valence-corrected chi connectivity index (χ1v) is 4.41. The van der Waals surface area contributed by atoms with Gasteiger partial charge < -0.3 is 0 Å². The van der Waals surface area contributed by atoms with Crippen molar-refractivity contribution >= 4 is 46.5 Å². The number of fused-ring (bicyclic) bond motifs is 1. The number of hydrogen-bond donors (Lipinski definition) is 1. The third kappa shape index (κ3) is 1.90. The first-order chi connectivity index (χ1) is 5.81. The largest absolute Gasteiger partial charge is 0.280 e. The van der Waals surface area contributed by atoms with Crippen LogP contribution in [0.4, 0.5) is 0 Å². The van der Waals surface area contributed by atoms with E-state index in [2.05, 4.69) is 10.2 Å². The second-order valence-corrected chi connectivity index (χ2v) is 3.20. The van der Waals surface area contributed by atoms with Crippen molar-refractivity contribution in [3.8, 4) is 0 Å². The van der Waals surface area contributed by atoms with Crippen molar-refractivity contribution in [3.63, 3.8) is 0 Å². The topological polar surface area (TPSA) is 28.7 Å². The summed E-state index contributed by atoms with van der Waals surface area (Å²) in [6.45, 7) is 0. The summed E-state index contributed by atoms with van der Waals surface area (Å²) >= 11 is 11.5. The molecule has 0 saturated carbocycles. The number of nitrogens with zero attached hydrogens (tertiary/aromatic N) is 1. The Morgan fingerprint density at radius 3 is 2.85 bits per heavy atom. The molecule has 1 aromatic carbocycles. The summed E-state index contributed by atoms with van der Waals surface area (Å²) in [5.41, 5.74) is 1.81. The summed E-state index contributed by atoms with van der Waals surface area (Å²) in [5, 5.41) is 8.61. The van der Waals surface area contributed by atoms with Crippen molar-refractivity contribution in [3.05, 3.63) is 28.9 Å². The molecule has 5 heteroatoms. The summed E-state index contributed by atoms with van der Waals surface area (Å²) in [4.78, 5) is 0. The van der Waals surface area contributed by atoms with Gasteiger partial charge in [-0.05, 0) is 18.2 Å². The van der Waals surface area contributed by atoms with Crippen molar-refractivity contribution in [2.45, 2.75) is 5.88 Å². The molecule has 0 atom stereocenters. The van der Waals surface area contributed by atoms with Gasteiger partial charge in [-0.3, -0.25) is 5.10 Å². The molecule has 2 rings (SSSR count). The molecular weight excluding hydrogens is 230 g/mol. The van der Waals surface area contributed by atoms with E-state index in [9.17, 15) is 0 Å². The predicted molar refractivity (Wildman–Crippen MR) is 57.9 cm³/mol. The van der Waals surface area contributed by atoms with E-state index < -0.39 is 0 Å². The molecule has 2 nitrogen and oxygen atoms in total. The molecule has 0 fully saturated rings. The van der Waals surface area contributed by atoms with Crippen LogP contribution in [0.3, 0.4) is 0 Å². The Morgan fingerprint density at radius 2 is 2.15 bits per heavy atom. The fraction of sp³-hybridized carbons (Fsp3) is 0.125. The lowest BCUT2D eigenvalue weighted by molar-refractivity contribution is 1.05. The van der Waals surface area contributed by atoms with Crippen molar-refractivity contribution in [2.24, 2.45) is 0 Å². The van der Waals surface area contributed by atoms with Crippen molar-refractivity contribution in [1.29, 1.82) is 0 Å². The van der Waals surface area contributed by atoms with Crippen LogP contribution in [-0.2, 0) is 5.88 Å². The molecule has 0 radical (unpaired) electrons. The van der Waals surface area contributed by atoms with E-state index in [1.54, 1.807) is 0 Å². The molecule has 0 amide bonds. The molecular formula is C8H7Cl3N2. The zero-order valence-corrected chi connectivity index (χ0v) is 8.88. The first kappa shape index (κ1) is 10.6. The van der Waals surface area contributed by atoms with Crippen LogP contribution < -0.4 is 0 Å². The van der Waals surface area contributed by atoms with Gasteiger partial charge in [0.15, 0.2) is 0 Å². The number of H-pyrrole nitrogens is 1. The Bertz CT molecular complexity index is 411. The summed E-state index contributed by atoms with van der Waals surface area (Å²) in [7, 11) is 0. The molecule has 70 valence electrons. The van der Waals surface area contributed by atoms with E-state index >= 15 is 0 Å². The molecule has 0 spiro atoms. The molecule has 13 heavy (non-hydrogen) atoms. The first-order valence-electron chi connectivity index (χ1n) is 3.50. The van der Waals surface area contributed by atoms with Crippen molar-refractivity contribution in [1.82, 2.24) is 10.2 Å². The van der Waals surface area contributed by atoms with Gasteiger partial charge in [0.2, 0.25) is 0 Å². The van der Waals surface area contributed by atoms with E-state index in [-0.39, 0.29) is 12.4 Å². The normalized spacial score (nSPS) is 10.0. The maximum absolute atomic E-state index is 5.82. The highest BCUT2D eigenvalue weighted by molar-refractivity contribution is 6.31. The highest BCUT2D eigenvalue weighted by Crippen LogP contribution is 2.21.